The second kappa shape index (κ2) is 59.8. The van der Waals surface area contributed by atoms with Gasteiger partial charge in [-0.05, 0) is 96.3 Å². The monoisotopic (exact) mass is 1110 g/mol. The first-order chi connectivity index (χ1) is 38.2. The summed E-state index contributed by atoms with van der Waals surface area (Å²) in [6, 6.07) is 0. The molecule has 12 heteroatoms. The largest absolute Gasteiger partial charge is 0.472 e. The summed E-state index contributed by atoms with van der Waals surface area (Å²) in [5, 5.41) is 9.84. The van der Waals surface area contributed by atoms with Crippen LogP contribution in [-0.2, 0) is 42.2 Å². The summed E-state index contributed by atoms with van der Waals surface area (Å²) in [5.74, 6) is -1.62. The van der Waals surface area contributed by atoms with Crippen LogP contribution in [0.1, 0.15) is 278 Å². The Kier molecular flexibility index (Phi) is 57.2. The third-order valence-electron chi connectivity index (χ3n) is 13.3. The molecule has 0 bridgehead atoms. The van der Waals surface area contributed by atoms with Crippen molar-refractivity contribution in [2.24, 2.45) is 0 Å². The number of ether oxygens (including phenoxy) is 3. The molecular weight excluding hydrogens is 1000 g/mol. The number of rotatable bonds is 58. The zero-order chi connectivity index (χ0) is 56.9. The van der Waals surface area contributed by atoms with Gasteiger partial charge in [0.1, 0.15) is 12.7 Å². The second-order valence-corrected chi connectivity index (χ2v) is 22.3. The van der Waals surface area contributed by atoms with Gasteiger partial charge in [0.25, 0.3) is 0 Å². The quantitative estimate of drug-likeness (QED) is 0.0197. The number of carbonyl (C=O) groups is 3. The van der Waals surface area contributed by atoms with Gasteiger partial charge in [-0.15, -0.1) is 0 Å². The highest BCUT2D eigenvalue weighted by Gasteiger charge is 2.28. The maximum atomic E-state index is 12.9. The molecule has 0 aromatic heterocycles. The zero-order valence-electron chi connectivity index (χ0n) is 49.9. The molecule has 0 fully saturated rings. The van der Waals surface area contributed by atoms with Gasteiger partial charge in [0, 0.05) is 12.8 Å². The van der Waals surface area contributed by atoms with Gasteiger partial charge in [0.05, 0.1) is 26.2 Å². The fourth-order valence-corrected chi connectivity index (χ4v) is 9.32. The highest BCUT2D eigenvalue weighted by Crippen LogP contribution is 2.43. The first-order valence-corrected chi connectivity index (χ1v) is 33.0. The minimum Gasteiger partial charge on any atom is -0.461 e. The number of allylic oxidation sites excluding steroid dienone is 13. The number of hydrogen-bond acceptors (Lipinski definition) is 10. The van der Waals surface area contributed by atoms with Crippen molar-refractivity contribution in [2.75, 3.05) is 26.4 Å². The first kappa shape index (κ1) is 74.7. The van der Waals surface area contributed by atoms with Gasteiger partial charge < -0.3 is 24.2 Å². The van der Waals surface area contributed by atoms with Crippen molar-refractivity contribution in [3.05, 3.63) is 85.1 Å². The topological polar surface area (TPSA) is 155 Å². The Morgan fingerprint density at radius 3 is 1.08 bits per heavy atom. The van der Waals surface area contributed by atoms with E-state index in [0.29, 0.717) is 19.3 Å². The van der Waals surface area contributed by atoms with Gasteiger partial charge in [0.2, 0.25) is 0 Å². The van der Waals surface area contributed by atoms with Crippen molar-refractivity contribution in [1.29, 1.82) is 0 Å². The normalized spacial score (nSPS) is 13.9. The molecule has 0 spiro atoms. The van der Waals surface area contributed by atoms with Crippen molar-refractivity contribution in [3.8, 4) is 0 Å². The van der Waals surface area contributed by atoms with Crippen LogP contribution in [0.3, 0.4) is 0 Å². The van der Waals surface area contributed by atoms with Crippen LogP contribution in [0.5, 0.6) is 0 Å². The minimum atomic E-state index is -4.78. The van der Waals surface area contributed by atoms with Crippen LogP contribution in [0.2, 0.25) is 0 Å². The lowest BCUT2D eigenvalue weighted by molar-refractivity contribution is -0.161. The fraction of sp³-hybridized carbons (Fsp3) is 0.742. The molecule has 0 aromatic rings. The molecule has 0 aromatic carbocycles. The van der Waals surface area contributed by atoms with Crippen LogP contribution in [0, 0.1) is 0 Å². The lowest BCUT2D eigenvalue weighted by atomic mass is 10.1. The van der Waals surface area contributed by atoms with Crippen LogP contribution in [-0.4, -0.2) is 66.5 Å². The molecule has 0 saturated carbocycles. The summed E-state index contributed by atoms with van der Waals surface area (Å²) in [7, 11) is -4.78. The zero-order valence-corrected chi connectivity index (χ0v) is 50.8. The Balaban J connectivity index is 4.77. The van der Waals surface area contributed by atoms with Crippen molar-refractivity contribution in [3.63, 3.8) is 0 Å². The Morgan fingerprint density at radius 1 is 0.385 bits per heavy atom. The number of aliphatic hydroxyl groups excluding tert-OH is 1. The van der Waals surface area contributed by atoms with Crippen LogP contribution in [0.4, 0.5) is 0 Å². The molecule has 0 aliphatic rings. The SMILES string of the molecule is CC/C=C\C/C=C\C/C=C\C/C=C\C/C=C\CC(=O)OCC(COP(=O)(O)OCC(CO)OC(=O)CCCCCCCCC/C=C\CCCCCCCC)OC(=O)CCCCCCCCCCC/C=C\CCCCCCCC. The Hall–Kier alpha value is -3.34. The molecular formula is C66H115O11P. The van der Waals surface area contributed by atoms with Crippen LogP contribution in [0.15, 0.2) is 85.1 Å². The summed E-state index contributed by atoms with van der Waals surface area (Å²) >= 11 is 0. The lowest BCUT2D eigenvalue weighted by Gasteiger charge is -2.21. The number of hydrogen-bond donors (Lipinski definition) is 2. The summed E-state index contributed by atoms with van der Waals surface area (Å²) in [6.45, 7) is 4.44. The molecule has 0 amide bonds. The first-order valence-electron chi connectivity index (χ1n) is 31.5. The average molecular weight is 1120 g/mol. The van der Waals surface area contributed by atoms with Gasteiger partial charge in [-0.1, -0.05) is 247 Å². The lowest BCUT2D eigenvalue weighted by Crippen LogP contribution is -2.30. The van der Waals surface area contributed by atoms with Crippen LogP contribution >= 0.6 is 7.82 Å². The second-order valence-electron chi connectivity index (χ2n) is 20.9. The van der Waals surface area contributed by atoms with E-state index in [0.717, 1.165) is 70.6 Å². The molecule has 3 atom stereocenters. The van der Waals surface area contributed by atoms with E-state index < -0.39 is 64.4 Å². The van der Waals surface area contributed by atoms with Crippen molar-refractivity contribution >= 4 is 25.7 Å². The molecule has 3 unspecified atom stereocenters. The number of unbranched alkanes of at least 4 members (excludes halogenated alkanes) is 28. The molecule has 0 aliphatic carbocycles. The summed E-state index contributed by atoms with van der Waals surface area (Å²) in [5.41, 5.74) is 0. The molecule has 78 heavy (non-hydrogen) atoms. The van der Waals surface area contributed by atoms with Crippen molar-refractivity contribution < 1.29 is 52.2 Å². The molecule has 0 saturated heterocycles. The number of phosphoric ester groups is 1. The summed E-state index contributed by atoms with van der Waals surface area (Å²) < 4.78 is 39.5. The number of carbonyl (C=O) groups excluding carboxylic acids is 3. The van der Waals surface area contributed by atoms with Gasteiger partial charge in [0.15, 0.2) is 6.10 Å². The molecule has 2 N–H and O–H groups in total. The third kappa shape index (κ3) is 57.3. The Morgan fingerprint density at radius 2 is 0.705 bits per heavy atom. The highest BCUT2D eigenvalue weighted by atomic mass is 31.2. The standard InChI is InChI=1S/C66H115O11P/c1-4-7-10-13-16-19-22-25-28-30-31-33-36-39-42-45-48-51-54-57-66(70)77-63(59-73-64(68)55-52-49-46-43-40-37-34-27-24-21-18-15-12-9-6-3)61-75-78(71,72)74-60-62(58-67)76-65(69)56-53-50-47-44-41-38-35-32-29-26-23-20-17-14-11-8-5-2/h9,12,18,21,25-29,34,40,43,49,52,62-63,67H,4-8,10-11,13-17,19-20,22-24,30-33,35-39,41-42,44-48,50-51,53-61H2,1-3H3,(H,71,72)/b12-9-,21-18-,28-25-,29-26-,34-27-,43-40-,52-49-. The maximum Gasteiger partial charge on any atom is 0.472 e. The van der Waals surface area contributed by atoms with E-state index in [1.807, 2.05) is 12.2 Å². The predicted octanol–water partition coefficient (Wildman–Crippen LogP) is 19.0. The van der Waals surface area contributed by atoms with E-state index in [9.17, 15) is 28.9 Å². The minimum absolute atomic E-state index is 0.00764. The van der Waals surface area contributed by atoms with Gasteiger partial charge in [-0.3, -0.25) is 23.4 Å². The Labute approximate surface area is 477 Å². The van der Waals surface area contributed by atoms with Crippen molar-refractivity contribution in [1.82, 2.24) is 0 Å². The molecule has 0 heterocycles. The van der Waals surface area contributed by atoms with Crippen LogP contribution < -0.4 is 0 Å². The third-order valence-corrected chi connectivity index (χ3v) is 14.3. The average Bonchev–Trinajstić information content (AvgIpc) is 3.43. The van der Waals surface area contributed by atoms with E-state index in [4.69, 9.17) is 23.3 Å². The molecule has 450 valence electrons. The maximum absolute atomic E-state index is 12.9. The smallest absolute Gasteiger partial charge is 0.461 e. The molecule has 0 radical (unpaired) electrons. The summed E-state index contributed by atoms with van der Waals surface area (Å²) in [6.07, 6.45) is 69.9. The van der Waals surface area contributed by atoms with E-state index in [2.05, 4.69) is 87.6 Å². The molecule has 11 nitrogen and oxygen atoms in total. The van der Waals surface area contributed by atoms with Gasteiger partial charge in [-0.25, -0.2) is 4.57 Å². The van der Waals surface area contributed by atoms with Gasteiger partial charge >= 0.3 is 25.7 Å². The van der Waals surface area contributed by atoms with Crippen LogP contribution in [0.25, 0.3) is 0 Å². The van der Waals surface area contributed by atoms with E-state index in [-0.39, 0.29) is 19.3 Å². The predicted molar refractivity (Wildman–Crippen MR) is 325 cm³/mol. The highest BCUT2D eigenvalue weighted by molar-refractivity contribution is 7.47. The fourth-order valence-electron chi connectivity index (χ4n) is 8.54. The van der Waals surface area contributed by atoms with Gasteiger partial charge in [-0.2, -0.15) is 0 Å². The molecule has 0 rings (SSSR count). The van der Waals surface area contributed by atoms with E-state index >= 15 is 0 Å². The van der Waals surface area contributed by atoms with Crippen molar-refractivity contribution in [2.45, 2.75) is 290 Å². The van der Waals surface area contributed by atoms with E-state index in [1.54, 1.807) is 6.08 Å². The number of phosphoric acid groups is 1. The van der Waals surface area contributed by atoms with E-state index in [1.165, 1.54) is 148 Å². The Bertz CT molecular complexity index is 1630. The molecule has 0 aliphatic heterocycles. The number of esters is 3. The summed E-state index contributed by atoms with van der Waals surface area (Å²) in [4.78, 5) is 48.6. The number of aliphatic hydroxyl groups is 1.